The molecule has 1 saturated heterocycles. The van der Waals surface area contributed by atoms with Crippen molar-refractivity contribution in [2.45, 2.75) is 52.2 Å². The van der Waals surface area contributed by atoms with Crippen LogP contribution >= 0.6 is 11.8 Å². The Morgan fingerprint density at radius 2 is 2.27 bits per heavy atom. The van der Waals surface area contributed by atoms with Crippen LogP contribution in [0.4, 0.5) is 0 Å². The first-order chi connectivity index (χ1) is 7.06. The maximum Gasteiger partial charge on any atom is 0.0664 e. The van der Waals surface area contributed by atoms with Crippen LogP contribution in [0.15, 0.2) is 0 Å². The van der Waals surface area contributed by atoms with E-state index in [-0.39, 0.29) is 6.10 Å². The van der Waals surface area contributed by atoms with Gasteiger partial charge in [0.1, 0.15) is 0 Å². The number of aliphatic hydroxyl groups excluding tert-OH is 1. The van der Waals surface area contributed by atoms with E-state index in [9.17, 15) is 5.11 Å². The molecule has 90 valence electrons. The van der Waals surface area contributed by atoms with Gasteiger partial charge < -0.3 is 10.4 Å². The summed E-state index contributed by atoms with van der Waals surface area (Å²) in [4.78, 5) is 0. The molecule has 0 aromatic rings. The van der Waals surface area contributed by atoms with Crippen molar-refractivity contribution in [3.63, 3.8) is 0 Å². The number of aliphatic hydroxyl groups is 1. The van der Waals surface area contributed by atoms with Gasteiger partial charge in [0.05, 0.1) is 6.10 Å². The van der Waals surface area contributed by atoms with Gasteiger partial charge in [-0.25, -0.2) is 0 Å². The van der Waals surface area contributed by atoms with Crippen molar-refractivity contribution in [1.29, 1.82) is 0 Å². The summed E-state index contributed by atoms with van der Waals surface area (Å²) in [5.74, 6) is 2.47. The van der Waals surface area contributed by atoms with E-state index in [0.717, 1.165) is 19.4 Å². The van der Waals surface area contributed by atoms with Gasteiger partial charge in [-0.3, -0.25) is 0 Å². The van der Waals surface area contributed by atoms with Gasteiger partial charge in [-0.1, -0.05) is 27.2 Å². The van der Waals surface area contributed by atoms with Crippen LogP contribution in [0.25, 0.3) is 0 Å². The quantitative estimate of drug-likeness (QED) is 0.761. The SMILES string of the molecule is CCCC(O)CNC1CSCCC1(C)C. The maximum absolute atomic E-state index is 9.68. The Labute approximate surface area is 98.2 Å². The van der Waals surface area contributed by atoms with Crippen LogP contribution in [0, 0.1) is 5.41 Å². The fourth-order valence-electron chi connectivity index (χ4n) is 1.99. The van der Waals surface area contributed by atoms with Crippen LogP contribution in [0.3, 0.4) is 0 Å². The minimum absolute atomic E-state index is 0.169. The molecule has 0 radical (unpaired) electrons. The molecule has 2 atom stereocenters. The lowest BCUT2D eigenvalue weighted by Crippen LogP contribution is -2.48. The second-order valence-corrected chi connectivity index (χ2v) is 6.37. The number of thioether (sulfide) groups is 1. The highest BCUT2D eigenvalue weighted by molar-refractivity contribution is 7.99. The molecule has 0 aromatic heterocycles. The Balaban J connectivity index is 2.30. The van der Waals surface area contributed by atoms with E-state index in [1.807, 2.05) is 11.8 Å². The van der Waals surface area contributed by atoms with Gasteiger partial charge in [-0.15, -0.1) is 0 Å². The van der Waals surface area contributed by atoms with E-state index in [4.69, 9.17) is 0 Å². The highest BCUT2D eigenvalue weighted by atomic mass is 32.2. The van der Waals surface area contributed by atoms with Crippen molar-refractivity contribution in [3.05, 3.63) is 0 Å². The lowest BCUT2D eigenvalue weighted by molar-refractivity contribution is 0.142. The summed E-state index contributed by atoms with van der Waals surface area (Å²) in [6.45, 7) is 7.53. The zero-order valence-corrected chi connectivity index (χ0v) is 11.1. The standard InChI is InChI=1S/C12H25NOS/c1-4-5-10(14)8-13-11-9-15-7-6-12(11,2)3/h10-11,13-14H,4-9H2,1-3H3. The molecule has 0 bridgehead atoms. The van der Waals surface area contributed by atoms with Crippen molar-refractivity contribution in [3.8, 4) is 0 Å². The lowest BCUT2D eigenvalue weighted by Gasteiger charge is -2.39. The first-order valence-electron chi connectivity index (χ1n) is 6.05. The third-order valence-corrected chi connectivity index (χ3v) is 4.40. The summed E-state index contributed by atoms with van der Waals surface area (Å²) in [7, 11) is 0. The van der Waals surface area contributed by atoms with Crippen molar-refractivity contribution in [2.75, 3.05) is 18.1 Å². The molecule has 1 fully saturated rings. The number of rotatable bonds is 5. The molecule has 1 aliphatic heterocycles. The normalized spacial score (nSPS) is 27.6. The second kappa shape index (κ2) is 6.12. The summed E-state index contributed by atoms with van der Waals surface area (Å²) >= 11 is 2.03. The molecule has 0 aromatic carbocycles. The average molecular weight is 231 g/mol. The second-order valence-electron chi connectivity index (χ2n) is 5.22. The molecular weight excluding hydrogens is 206 g/mol. The Hall–Kier alpha value is 0.270. The number of hydrogen-bond acceptors (Lipinski definition) is 3. The summed E-state index contributed by atoms with van der Waals surface area (Å²) in [5.41, 5.74) is 0.386. The summed E-state index contributed by atoms with van der Waals surface area (Å²) < 4.78 is 0. The maximum atomic E-state index is 9.68. The molecule has 1 rings (SSSR count). The van der Waals surface area contributed by atoms with Gasteiger partial charge in [-0.2, -0.15) is 11.8 Å². The molecule has 0 amide bonds. The van der Waals surface area contributed by atoms with Gasteiger partial charge in [0.2, 0.25) is 0 Å². The molecule has 1 heterocycles. The van der Waals surface area contributed by atoms with Gasteiger partial charge in [0.15, 0.2) is 0 Å². The Morgan fingerprint density at radius 3 is 2.87 bits per heavy atom. The van der Waals surface area contributed by atoms with Crippen molar-refractivity contribution in [1.82, 2.24) is 5.32 Å². The molecule has 1 aliphatic rings. The van der Waals surface area contributed by atoms with E-state index in [1.165, 1.54) is 17.9 Å². The van der Waals surface area contributed by atoms with Crippen molar-refractivity contribution in [2.24, 2.45) is 5.41 Å². The predicted octanol–water partition coefficient (Wildman–Crippen LogP) is 2.27. The van der Waals surface area contributed by atoms with E-state index in [1.54, 1.807) is 0 Å². The fourth-order valence-corrected chi connectivity index (χ4v) is 3.63. The zero-order valence-electron chi connectivity index (χ0n) is 10.3. The smallest absolute Gasteiger partial charge is 0.0664 e. The number of nitrogens with one attached hydrogen (secondary N) is 1. The van der Waals surface area contributed by atoms with Crippen LogP contribution in [-0.2, 0) is 0 Å². The predicted molar refractivity (Wildman–Crippen MR) is 68.4 cm³/mol. The largest absolute Gasteiger partial charge is 0.392 e. The third-order valence-electron chi connectivity index (χ3n) is 3.34. The van der Waals surface area contributed by atoms with E-state index < -0.39 is 0 Å². The number of hydrogen-bond donors (Lipinski definition) is 2. The highest BCUT2D eigenvalue weighted by Gasteiger charge is 2.32. The monoisotopic (exact) mass is 231 g/mol. The minimum Gasteiger partial charge on any atom is -0.392 e. The van der Waals surface area contributed by atoms with E-state index >= 15 is 0 Å². The highest BCUT2D eigenvalue weighted by Crippen LogP contribution is 2.34. The van der Waals surface area contributed by atoms with Crippen molar-refractivity contribution < 1.29 is 5.11 Å². The topological polar surface area (TPSA) is 32.3 Å². The molecule has 2 nitrogen and oxygen atoms in total. The average Bonchev–Trinajstić information content (AvgIpc) is 2.16. The fraction of sp³-hybridized carbons (Fsp3) is 1.00. The molecule has 2 unspecified atom stereocenters. The third kappa shape index (κ3) is 4.33. The van der Waals surface area contributed by atoms with Crippen molar-refractivity contribution >= 4 is 11.8 Å². The molecule has 15 heavy (non-hydrogen) atoms. The van der Waals surface area contributed by atoms with Crippen LogP contribution < -0.4 is 5.32 Å². The van der Waals surface area contributed by atoms with Crippen LogP contribution in [-0.4, -0.2) is 35.3 Å². The van der Waals surface area contributed by atoms with Gasteiger partial charge in [0.25, 0.3) is 0 Å². The van der Waals surface area contributed by atoms with Gasteiger partial charge in [-0.05, 0) is 24.0 Å². The molecule has 0 saturated carbocycles. The zero-order chi connectivity index (χ0) is 11.3. The Bertz CT molecular complexity index is 184. The minimum atomic E-state index is -0.169. The summed E-state index contributed by atoms with van der Waals surface area (Å²) in [6.07, 6.45) is 3.08. The van der Waals surface area contributed by atoms with Gasteiger partial charge >= 0.3 is 0 Å². The van der Waals surface area contributed by atoms with E-state index in [0.29, 0.717) is 11.5 Å². The Morgan fingerprint density at radius 1 is 1.53 bits per heavy atom. The molecule has 0 aliphatic carbocycles. The van der Waals surface area contributed by atoms with Crippen LogP contribution in [0.2, 0.25) is 0 Å². The van der Waals surface area contributed by atoms with E-state index in [2.05, 4.69) is 26.1 Å². The Kier molecular flexibility index (Phi) is 5.44. The summed E-state index contributed by atoms with van der Waals surface area (Å²) in [6, 6.07) is 0.558. The van der Waals surface area contributed by atoms with Gasteiger partial charge in [0, 0.05) is 18.3 Å². The van der Waals surface area contributed by atoms with Crippen LogP contribution in [0.5, 0.6) is 0 Å². The first kappa shape index (κ1) is 13.3. The molecule has 2 N–H and O–H groups in total. The molecule has 3 heteroatoms. The molecule has 0 spiro atoms. The molecular formula is C12H25NOS. The lowest BCUT2D eigenvalue weighted by atomic mass is 9.82. The first-order valence-corrected chi connectivity index (χ1v) is 7.21. The van der Waals surface area contributed by atoms with Crippen LogP contribution in [0.1, 0.15) is 40.0 Å². The summed E-state index contributed by atoms with van der Waals surface area (Å²) in [5, 5.41) is 13.2.